The molecule has 1 heterocycles. The first kappa shape index (κ1) is 17.2. The third kappa shape index (κ3) is 4.45. The number of nitrogens with one attached hydrogen (secondary N) is 2. The van der Waals surface area contributed by atoms with Crippen LogP contribution in [0, 0.1) is 12.7 Å². The van der Waals surface area contributed by atoms with Gasteiger partial charge in [-0.05, 0) is 48.7 Å². The van der Waals surface area contributed by atoms with E-state index in [9.17, 15) is 4.39 Å². The Bertz CT molecular complexity index is 870. The van der Waals surface area contributed by atoms with Crippen molar-refractivity contribution in [1.82, 2.24) is 9.97 Å². The second kappa shape index (κ2) is 7.94. The van der Waals surface area contributed by atoms with Gasteiger partial charge in [-0.3, -0.25) is 0 Å². The van der Waals surface area contributed by atoms with E-state index in [0.717, 1.165) is 11.3 Å². The molecule has 0 saturated heterocycles. The molecule has 2 aromatic carbocycles. The highest BCUT2D eigenvalue weighted by atomic mass is 35.5. The molecule has 25 heavy (non-hydrogen) atoms. The van der Waals surface area contributed by atoms with E-state index in [-0.39, 0.29) is 5.82 Å². The molecule has 4 nitrogen and oxygen atoms in total. The van der Waals surface area contributed by atoms with Gasteiger partial charge in [0.05, 0.1) is 0 Å². The average Bonchev–Trinajstić information content (AvgIpc) is 2.61. The largest absolute Gasteiger partial charge is 0.354 e. The maximum atomic E-state index is 13.6. The predicted octanol–water partition coefficient (Wildman–Crippen LogP) is 4.98. The van der Waals surface area contributed by atoms with E-state index in [4.69, 9.17) is 11.6 Å². The molecule has 0 unspecified atom stereocenters. The molecule has 1 aromatic heterocycles. The molecule has 6 heteroatoms. The Kier molecular flexibility index (Phi) is 5.46. The zero-order valence-electron chi connectivity index (χ0n) is 13.8. The lowest BCUT2D eigenvalue weighted by Gasteiger charge is -2.11. The second-order valence-corrected chi connectivity index (χ2v) is 5.98. The number of hydrogen-bond donors (Lipinski definition) is 2. The quantitative estimate of drug-likeness (QED) is 0.654. The van der Waals surface area contributed by atoms with E-state index in [1.54, 1.807) is 24.4 Å². The molecule has 128 valence electrons. The molecule has 3 aromatic rings. The van der Waals surface area contributed by atoms with Crippen LogP contribution in [0.25, 0.3) is 0 Å². The number of hydrogen-bond acceptors (Lipinski definition) is 4. The number of nitrogens with zero attached hydrogens (tertiary/aromatic N) is 2. The van der Waals surface area contributed by atoms with Gasteiger partial charge in [0.2, 0.25) is 5.95 Å². The minimum atomic E-state index is -0.197. The van der Waals surface area contributed by atoms with Gasteiger partial charge in [0.1, 0.15) is 11.6 Å². The lowest BCUT2D eigenvalue weighted by Crippen LogP contribution is -2.09. The van der Waals surface area contributed by atoms with E-state index in [0.29, 0.717) is 35.3 Å². The Hall–Kier alpha value is -2.66. The molecule has 0 aliphatic rings. The lowest BCUT2D eigenvalue weighted by atomic mass is 10.1. The Morgan fingerprint density at radius 2 is 1.92 bits per heavy atom. The van der Waals surface area contributed by atoms with Crippen LogP contribution < -0.4 is 10.6 Å². The normalized spacial score (nSPS) is 10.5. The number of halogens is 2. The number of benzene rings is 2. The highest BCUT2D eigenvalue weighted by Crippen LogP contribution is 2.25. The zero-order chi connectivity index (χ0) is 17.6. The molecule has 3 rings (SSSR count). The monoisotopic (exact) mass is 356 g/mol. The Morgan fingerprint density at radius 3 is 2.76 bits per heavy atom. The van der Waals surface area contributed by atoms with Crippen LogP contribution in [0.2, 0.25) is 5.02 Å². The molecule has 0 aliphatic heterocycles. The van der Waals surface area contributed by atoms with Crippen molar-refractivity contribution in [2.24, 2.45) is 0 Å². The molecule has 0 saturated carbocycles. The lowest BCUT2D eigenvalue weighted by molar-refractivity contribution is 0.610. The molecular weight excluding hydrogens is 339 g/mol. The van der Waals surface area contributed by atoms with Crippen molar-refractivity contribution >= 4 is 29.1 Å². The van der Waals surface area contributed by atoms with Crippen molar-refractivity contribution in [2.45, 2.75) is 13.3 Å². The summed E-state index contributed by atoms with van der Waals surface area (Å²) in [4.78, 5) is 8.61. The molecule has 0 amide bonds. The molecule has 0 spiro atoms. The van der Waals surface area contributed by atoms with Crippen molar-refractivity contribution in [3.63, 3.8) is 0 Å². The van der Waals surface area contributed by atoms with Crippen LogP contribution in [-0.4, -0.2) is 16.5 Å². The summed E-state index contributed by atoms with van der Waals surface area (Å²) in [6.45, 7) is 2.49. The third-order valence-corrected chi connectivity index (χ3v) is 4.23. The SMILES string of the molecule is Cc1c(Cl)cccc1Nc1ccnc(NCCc2ccccc2F)n1. The maximum Gasteiger partial charge on any atom is 0.224 e. The van der Waals surface area contributed by atoms with E-state index in [1.165, 1.54) is 6.07 Å². The minimum absolute atomic E-state index is 0.197. The molecular formula is C19H18ClFN4. The first-order valence-corrected chi connectivity index (χ1v) is 8.34. The van der Waals surface area contributed by atoms with Gasteiger partial charge >= 0.3 is 0 Å². The van der Waals surface area contributed by atoms with Gasteiger partial charge in [-0.2, -0.15) is 4.98 Å². The summed E-state index contributed by atoms with van der Waals surface area (Å²) >= 11 is 6.14. The maximum absolute atomic E-state index is 13.6. The van der Waals surface area contributed by atoms with Crippen LogP contribution in [0.5, 0.6) is 0 Å². The summed E-state index contributed by atoms with van der Waals surface area (Å²) in [5.74, 6) is 0.951. The smallest absolute Gasteiger partial charge is 0.224 e. The first-order valence-electron chi connectivity index (χ1n) is 7.96. The van der Waals surface area contributed by atoms with Crippen molar-refractivity contribution < 1.29 is 4.39 Å². The number of aromatic nitrogens is 2. The van der Waals surface area contributed by atoms with Crippen molar-refractivity contribution in [3.8, 4) is 0 Å². The van der Waals surface area contributed by atoms with Gasteiger partial charge in [-0.25, -0.2) is 9.37 Å². The Morgan fingerprint density at radius 1 is 1.08 bits per heavy atom. The van der Waals surface area contributed by atoms with Crippen LogP contribution in [-0.2, 0) is 6.42 Å². The van der Waals surface area contributed by atoms with Crippen molar-refractivity contribution in [3.05, 3.63) is 76.7 Å². The number of anilines is 3. The first-order chi connectivity index (χ1) is 12.1. The van der Waals surface area contributed by atoms with Crippen molar-refractivity contribution in [2.75, 3.05) is 17.2 Å². The molecule has 2 N–H and O–H groups in total. The molecule has 0 bridgehead atoms. The fourth-order valence-corrected chi connectivity index (χ4v) is 2.58. The zero-order valence-corrected chi connectivity index (χ0v) is 14.5. The van der Waals surface area contributed by atoms with Crippen LogP contribution in [0.4, 0.5) is 21.8 Å². The highest BCUT2D eigenvalue weighted by molar-refractivity contribution is 6.31. The predicted molar refractivity (Wildman–Crippen MR) is 100 cm³/mol. The molecule has 0 fully saturated rings. The molecule has 0 radical (unpaired) electrons. The summed E-state index contributed by atoms with van der Waals surface area (Å²) in [5, 5.41) is 7.05. The van der Waals surface area contributed by atoms with E-state index >= 15 is 0 Å². The van der Waals surface area contributed by atoms with Crippen molar-refractivity contribution in [1.29, 1.82) is 0 Å². The fraction of sp³-hybridized carbons (Fsp3) is 0.158. The summed E-state index contributed by atoms with van der Waals surface area (Å²) < 4.78 is 13.6. The van der Waals surface area contributed by atoms with Crippen LogP contribution in [0.15, 0.2) is 54.7 Å². The second-order valence-electron chi connectivity index (χ2n) is 5.57. The average molecular weight is 357 g/mol. The fourth-order valence-electron chi connectivity index (χ4n) is 2.40. The van der Waals surface area contributed by atoms with E-state index in [1.807, 2.05) is 31.2 Å². The Labute approximate surface area is 151 Å². The Balaban J connectivity index is 1.63. The van der Waals surface area contributed by atoms with E-state index < -0.39 is 0 Å². The van der Waals surface area contributed by atoms with Gasteiger partial charge in [-0.15, -0.1) is 0 Å². The van der Waals surface area contributed by atoms with Crippen LogP contribution in [0.3, 0.4) is 0 Å². The highest BCUT2D eigenvalue weighted by Gasteiger charge is 2.05. The van der Waals surface area contributed by atoms with Gasteiger partial charge in [0, 0.05) is 23.5 Å². The number of rotatable bonds is 6. The van der Waals surface area contributed by atoms with Gasteiger partial charge in [0.25, 0.3) is 0 Å². The minimum Gasteiger partial charge on any atom is -0.354 e. The molecule has 0 aliphatic carbocycles. The van der Waals surface area contributed by atoms with Gasteiger partial charge in [-0.1, -0.05) is 35.9 Å². The van der Waals surface area contributed by atoms with E-state index in [2.05, 4.69) is 20.6 Å². The van der Waals surface area contributed by atoms with Crippen LogP contribution in [0.1, 0.15) is 11.1 Å². The topological polar surface area (TPSA) is 49.8 Å². The molecule has 0 atom stereocenters. The summed E-state index contributed by atoms with van der Waals surface area (Å²) in [5.41, 5.74) is 2.51. The van der Waals surface area contributed by atoms with Gasteiger partial charge < -0.3 is 10.6 Å². The standard InChI is InChI=1S/C19H18ClFN4/c1-13-15(20)6-4-8-17(13)24-18-10-12-23-19(25-18)22-11-9-14-5-2-3-7-16(14)21/h2-8,10,12H,9,11H2,1H3,(H2,22,23,24,25). The van der Waals surface area contributed by atoms with Gasteiger partial charge in [0.15, 0.2) is 0 Å². The van der Waals surface area contributed by atoms with Crippen LogP contribution >= 0.6 is 11.6 Å². The third-order valence-electron chi connectivity index (χ3n) is 3.82. The summed E-state index contributed by atoms with van der Waals surface area (Å²) in [6, 6.07) is 14.2. The summed E-state index contributed by atoms with van der Waals surface area (Å²) in [7, 11) is 0. The summed E-state index contributed by atoms with van der Waals surface area (Å²) in [6.07, 6.45) is 2.22.